The minimum atomic E-state index is 0.518. The Kier molecular flexibility index (Phi) is 3.61. The Labute approximate surface area is 135 Å². The summed E-state index contributed by atoms with van der Waals surface area (Å²) in [7, 11) is 2.14. The van der Waals surface area contributed by atoms with Gasteiger partial charge in [-0.25, -0.2) is 9.97 Å². The minimum absolute atomic E-state index is 0.518. The van der Waals surface area contributed by atoms with E-state index in [4.69, 9.17) is 4.42 Å². The number of aromatic nitrogens is 2. The van der Waals surface area contributed by atoms with Crippen molar-refractivity contribution >= 4 is 22.6 Å². The van der Waals surface area contributed by atoms with Crippen LogP contribution in [-0.4, -0.2) is 36.1 Å². The minimum Gasteiger partial charge on any atom is -0.464 e. The highest BCUT2D eigenvalue weighted by molar-refractivity contribution is 5.88. The van der Waals surface area contributed by atoms with E-state index in [0.29, 0.717) is 6.04 Å². The number of hydrogen-bond acceptors (Lipinski definition) is 5. The van der Waals surface area contributed by atoms with Crippen molar-refractivity contribution in [2.75, 3.05) is 29.9 Å². The predicted octanol–water partition coefficient (Wildman–Crippen LogP) is 3.33. The van der Waals surface area contributed by atoms with Crippen molar-refractivity contribution in [3.05, 3.63) is 49.0 Å². The molecule has 0 aromatic carbocycles. The van der Waals surface area contributed by atoms with Gasteiger partial charge in [-0.05, 0) is 37.1 Å². The third kappa shape index (κ3) is 2.63. The van der Waals surface area contributed by atoms with Gasteiger partial charge in [0.25, 0.3) is 0 Å². The summed E-state index contributed by atoms with van der Waals surface area (Å²) in [6.07, 6.45) is 7.61. The first-order valence-corrected chi connectivity index (χ1v) is 8.04. The van der Waals surface area contributed by atoms with Crippen LogP contribution in [0.2, 0.25) is 0 Å². The molecule has 0 spiro atoms. The van der Waals surface area contributed by atoms with Crippen LogP contribution in [0.5, 0.6) is 0 Å². The molecule has 5 heteroatoms. The van der Waals surface area contributed by atoms with Gasteiger partial charge < -0.3 is 14.2 Å². The molecular formula is C18H20N4O. The number of rotatable bonds is 3. The summed E-state index contributed by atoms with van der Waals surface area (Å²) in [5.41, 5.74) is 0.905. The monoisotopic (exact) mass is 308 g/mol. The molecule has 1 aliphatic heterocycles. The van der Waals surface area contributed by atoms with Gasteiger partial charge in [0.1, 0.15) is 17.2 Å². The van der Waals surface area contributed by atoms with E-state index in [1.165, 1.54) is 0 Å². The predicted molar refractivity (Wildman–Crippen MR) is 91.9 cm³/mol. The van der Waals surface area contributed by atoms with Crippen LogP contribution in [-0.2, 0) is 0 Å². The lowest BCUT2D eigenvalue weighted by Gasteiger charge is -2.37. The zero-order valence-electron chi connectivity index (χ0n) is 13.2. The van der Waals surface area contributed by atoms with Crippen molar-refractivity contribution in [1.82, 2.24) is 9.97 Å². The summed E-state index contributed by atoms with van der Waals surface area (Å²) in [6, 6.07) is 10.5. The molecule has 118 valence electrons. The Morgan fingerprint density at radius 1 is 1.09 bits per heavy atom. The van der Waals surface area contributed by atoms with Crippen molar-refractivity contribution < 1.29 is 4.42 Å². The van der Waals surface area contributed by atoms with E-state index in [9.17, 15) is 0 Å². The van der Waals surface area contributed by atoms with Gasteiger partial charge in [-0.15, -0.1) is 0 Å². The Balaban J connectivity index is 1.48. The molecule has 0 aliphatic carbocycles. The maximum Gasteiger partial charge on any atom is 0.139 e. The lowest BCUT2D eigenvalue weighted by atomic mass is 10.0. The topological polar surface area (TPSA) is 45.4 Å². The number of pyridine rings is 2. The van der Waals surface area contributed by atoms with Crippen molar-refractivity contribution in [1.29, 1.82) is 0 Å². The highest BCUT2D eigenvalue weighted by Gasteiger charge is 2.25. The molecule has 3 aromatic rings. The summed E-state index contributed by atoms with van der Waals surface area (Å²) in [5, 5.41) is 1.10. The van der Waals surface area contributed by atoms with Gasteiger partial charge in [-0.3, -0.25) is 0 Å². The number of hydrogen-bond donors (Lipinski definition) is 0. The molecule has 5 nitrogen and oxygen atoms in total. The fourth-order valence-electron chi connectivity index (χ4n) is 3.35. The first-order chi connectivity index (χ1) is 11.3. The third-order valence-corrected chi connectivity index (χ3v) is 4.68. The SMILES string of the molecule is CN(c1ccccn1)C1CCN(c2nccc3occc23)CC1. The fourth-order valence-corrected chi connectivity index (χ4v) is 3.35. The van der Waals surface area contributed by atoms with Crippen molar-refractivity contribution in [2.24, 2.45) is 0 Å². The number of nitrogens with zero attached hydrogens (tertiary/aromatic N) is 4. The van der Waals surface area contributed by atoms with Crippen molar-refractivity contribution in [3.63, 3.8) is 0 Å². The lowest BCUT2D eigenvalue weighted by Crippen LogP contribution is -2.44. The number of furan rings is 1. The van der Waals surface area contributed by atoms with Gasteiger partial charge in [-0.2, -0.15) is 0 Å². The van der Waals surface area contributed by atoms with E-state index in [-0.39, 0.29) is 0 Å². The fraction of sp³-hybridized carbons (Fsp3) is 0.333. The zero-order valence-corrected chi connectivity index (χ0v) is 13.2. The Hall–Kier alpha value is -2.56. The summed E-state index contributed by atoms with van der Waals surface area (Å²) in [6.45, 7) is 2.00. The average Bonchev–Trinajstić information content (AvgIpc) is 3.11. The second-order valence-corrected chi connectivity index (χ2v) is 5.98. The van der Waals surface area contributed by atoms with Crippen LogP contribution in [0.4, 0.5) is 11.6 Å². The average molecular weight is 308 g/mol. The smallest absolute Gasteiger partial charge is 0.139 e. The molecular weight excluding hydrogens is 288 g/mol. The molecule has 0 radical (unpaired) electrons. The van der Waals surface area contributed by atoms with Crippen LogP contribution >= 0.6 is 0 Å². The zero-order chi connectivity index (χ0) is 15.6. The standard InChI is InChI=1S/C18H20N4O/c1-21(17-4-2-3-9-19-17)14-6-11-22(12-7-14)18-15-8-13-23-16(15)5-10-20-18/h2-5,8-10,13-14H,6-7,11-12H2,1H3. The van der Waals surface area contributed by atoms with E-state index >= 15 is 0 Å². The number of piperidine rings is 1. The molecule has 1 saturated heterocycles. The Morgan fingerprint density at radius 2 is 1.96 bits per heavy atom. The second-order valence-electron chi connectivity index (χ2n) is 5.98. The summed E-state index contributed by atoms with van der Waals surface area (Å²) in [5.74, 6) is 2.08. The molecule has 0 unspecified atom stereocenters. The van der Waals surface area contributed by atoms with Crippen LogP contribution in [0.15, 0.2) is 53.4 Å². The van der Waals surface area contributed by atoms with Crippen molar-refractivity contribution in [3.8, 4) is 0 Å². The summed E-state index contributed by atoms with van der Waals surface area (Å²) < 4.78 is 5.48. The molecule has 0 amide bonds. The van der Waals surface area contributed by atoms with Gasteiger partial charge in [-0.1, -0.05) is 6.07 Å². The quantitative estimate of drug-likeness (QED) is 0.742. The van der Waals surface area contributed by atoms with Gasteiger partial charge in [0.05, 0.1) is 11.6 Å². The normalized spacial score (nSPS) is 16.0. The van der Waals surface area contributed by atoms with Gasteiger partial charge in [0.2, 0.25) is 0 Å². The van der Waals surface area contributed by atoms with Crippen LogP contribution in [0.25, 0.3) is 11.0 Å². The molecule has 0 N–H and O–H groups in total. The summed E-state index contributed by atoms with van der Waals surface area (Å²) in [4.78, 5) is 13.7. The first-order valence-electron chi connectivity index (χ1n) is 8.04. The highest BCUT2D eigenvalue weighted by atomic mass is 16.3. The van der Waals surface area contributed by atoms with Gasteiger partial charge in [0, 0.05) is 38.6 Å². The third-order valence-electron chi connectivity index (χ3n) is 4.68. The maximum absolute atomic E-state index is 5.48. The van der Waals surface area contributed by atoms with E-state index in [0.717, 1.165) is 48.5 Å². The van der Waals surface area contributed by atoms with E-state index in [2.05, 4.69) is 32.9 Å². The maximum atomic E-state index is 5.48. The Bertz CT molecular complexity index is 778. The first kappa shape index (κ1) is 14.1. The van der Waals surface area contributed by atoms with Crippen LogP contribution in [0, 0.1) is 0 Å². The van der Waals surface area contributed by atoms with Crippen LogP contribution < -0.4 is 9.80 Å². The van der Waals surface area contributed by atoms with E-state index in [1.807, 2.05) is 36.7 Å². The molecule has 3 aromatic heterocycles. The van der Waals surface area contributed by atoms with Crippen LogP contribution in [0.1, 0.15) is 12.8 Å². The molecule has 1 fully saturated rings. The highest BCUT2D eigenvalue weighted by Crippen LogP contribution is 2.29. The number of anilines is 2. The van der Waals surface area contributed by atoms with Gasteiger partial charge >= 0.3 is 0 Å². The molecule has 0 saturated carbocycles. The van der Waals surface area contributed by atoms with E-state index in [1.54, 1.807) is 6.26 Å². The molecule has 0 bridgehead atoms. The lowest BCUT2D eigenvalue weighted by molar-refractivity contribution is 0.479. The molecule has 0 atom stereocenters. The van der Waals surface area contributed by atoms with Crippen molar-refractivity contribution in [2.45, 2.75) is 18.9 Å². The molecule has 1 aliphatic rings. The number of fused-ring (bicyclic) bond motifs is 1. The van der Waals surface area contributed by atoms with Gasteiger partial charge in [0.15, 0.2) is 0 Å². The molecule has 4 rings (SSSR count). The largest absolute Gasteiger partial charge is 0.464 e. The molecule has 23 heavy (non-hydrogen) atoms. The van der Waals surface area contributed by atoms with Crippen LogP contribution in [0.3, 0.4) is 0 Å². The second kappa shape index (κ2) is 5.91. The summed E-state index contributed by atoms with van der Waals surface area (Å²) >= 11 is 0. The molecule has 4 heterocycles. The Morgan fingerprint density at radius 3 is 2.74 bits per heavy atom. The van der Waals surface area contributed by atoms with E-state index < -0.39 is 0 Å².